The molecule has 30 heavy (non-hydrogen) atoms. The first-order valence-electron chi connectivity index (χ1n) is 11.0. The van der Waals surface area contributed by atoms with Gasteiger partial charge in [0.05, 0.1) is 0 Å². The molecule has 0 aromatic heterocycles. The molecule has 0 bridgehead atoms. The first-order valence-corrected chi connectivity index (χ1v) is 11.0. The Kier molecular flexibility index (Phi) is 20.0. The fraction of sp³-hybridized carbons (Fsp3) is 1.00. The van der Waals surface area contributed by atoms with Gasteiger partial charge in [-0.05, 0) is 62.7 Å². The van der Waals surface area contributed by atoms with Crippen molar-refractivity contribution in [1.29, 1.82) is 0 Å². The second kappa shape index (κ2) is 17.4. The molecular weight excluding hydrogens is 383 g/mol. The fourth-order valence-electron chi connectivity index (χ4n) is 2.17. The van der Waals surface area contributed by atoms with Gasteiger partial charge in [-0.2, -0.15) is 0 Å². The molecule has 0 heterocycles. The first-order chi connectivity index (χ1) is 13.4. The third-order valence-electron chi connectivity index (χ3n) is 5.93. The molecule has 0 fully saturated rings. The summed E-state index contributed by atoms with van der Waals surface area (Å²) in [5.74, 6) is -0.139. The van der Waals surface area contributed by atoms with Crippen LogP contribution in [0, 0.1) is 0 Å². The monoisotopic (exact) mass is 433 g/mol. The standard InChI is InChI=1S/C7H18BNO.2C6H16BNO2/c1-6(2)9(5)7(3)8(4)10;2*1-5(2)8(4)6(3)7(9)10/h6-7,10H,1-5H3;2*5-6,9-10H,1-4H3. The average Bonchev–Trinajstić information content (AvgIpc) is 2.64. The van der Waals surface area contributed by atoms with Gasteiger partial charge in [0.2, 0.25) is 0 Å². The molecule has 5 N–H and O–H groups in total. The van der Waals surface area contributed by atoms with Gasteiger partial charge in [-0.1, -0.05) is 27.6 Å². The van der Waals surface area contributed by atoms with Crippen molar-refractivity contribution < 1.29 is 25.1 Å². The molecule has 0 spiro atoms. The molecule has 0 radical (unpaired) electrons. The Morgan fingerprint density at radius 3 is 0.733 bits per heavy atom. The van der Waals surface area contributed by atoms with Gasteiger partial charge < -0.3 is 39.8 Å². The second-order valence-corrected chi connectivity index (χ2v) is 9.07. The van der Waals surface area contributed by atoms with Crippen LogP contribution in [-0.2, 0) is 0 Å². The minimum Gasteiger partial charge on any atom is -0.449 e. The SMILES string of the molecule is CB(O)C(C)N(C)C(C)C.CC(C)N(C)C(C)B(O)O.CC(C)N(C)C(C)B(O)O. The zero-order chi connectivity index (χ0) is 24.9. The van der Waals surface area contributed by atoms with Crippen molar-refractivity contribution in [3.63, 3.8) is 0 Å². The molecule has 0 aliphatic heterocycles. The summed E-state index contributed by atoms with van der Waals surface area (Å²) in [5, 5.41) is 44.2. The summed E-state index contributed by atoms with van der Waals surface area (Å²) in [6.45, 7) is 19.5. The molecule has 180 valence electrons. The van der Waals surface area contributed by atoms with Gasteiger partial charge in [-0.3, -0.25) is 0 Å². The summed E-state index contributed by atoms with van der Waals surface area (Å²) in [4.78, 5) is 5.97. The predicted octanol–water partition coefficient (Wildman–Crippen LogP) is 0.322. The Morgan fingerprint density at radius 1 is 0.467 bits per heavy atom. The van der Waals surface area contributed by atoms with Gasteiger partial charge in [0.15, 0.2) is 0 Å². The predicted molar refractivity (Wildman–Crippen MR) is 131 cm³/mol. The summed E-state index contributed by atoms with van der Waals surface area (Å²) in [5.41, 5.74) is 0. The van der Waals surface area contributed by atoms with Crippen molar-refractivity contribution in [2.24, 2.45) is 0 Å². The summed E-state index contributed by atoms with van der Waals surface area (Å²) in [6, 6.07) is 1.19. The summed E-state index contributed by atoms with van der Waals surface area (Å²) >= 11 is 0. The lowest BCUT2D eigenvalue weighted by Gasteiger charge is -2.28. The molecule has 0 saturated heterocycles. The van der Waals surface area contributed by atoms with Gasteiger partial charge in [0.25, 0.3) is 0 Å². The van der Waals surface area contributed by atoms with Gasteiger partial charge in [-0.25, -0.2) is 0 Å². The molecule has 0 amide bonds. The molecule has 11 heteroatoms. The Morgan fingerprint density at radius 2 is 0.667 bits per heavy atom. The third-order valence-corrected chi connectivity index (χ3v) is 5.93. The van der Waals surface area contributed by atoms with Crippen molar-refractivity contribution in [3.05, 3.63) is 0 Å². The average molecular weight is 433 g/mol. The lowest BCUT2D eigenvalue weighted by atomic mass is 9.63. The number of hydrogen-bond acceptors (Lipinski definition) is 8. The van der Waals surface area contributed by atoms with Crippen LogP contribution in [0.3, 0.4) is 0 Å². The van der Waals surface area contributed by atoms with Crippen molar-refractivity contribution in [3.8, 4) is 0 Å². The van der Waals surface area contributed by atoms with Crippen LogP contribution in [-0.4, -0.2) is 118 Å². The van der Waals surface area contributed by atoms with Crippen molar-refractivity contribution in [2.45, 2.75) is 105 Å². The third kappa shape index (κ3) is 15.6. The van der Waals surface area contributed by atoms with Crippen molar-refractivity contribution in [2.75, 3.05) is 21.1 Å². The maximum Gasteiger partial charge on any atom is 0.469 e. The quantitative estimate of drug-likeness (QED) is 0.331. The molecule has 3 unspecified atom stereocenters. The van der Waals surface area contributed by atoms with Crippen LogP contribution in [0.5, 0.6) is 0 Å². The maximum atomic E-state index is 9.20. The highest BCUT2D eigenvalue weighted by molar-refractivity contribution is 6.50. The van der Waals surface area contributed by atoms with Crippen LogP contribution in [0.2, 0.25) is 6.82 Å². The lowest BCUT2D eigenvalue weighted by molar-refractivity contribution is 0.220. The zero-order valence-corrected chi connectivity index (χ0v) is 21.8. The molecule has 0 saturated carbocycles. The van der Waals surface area contributed by atoms with E-state index in [1.165, 1.54) is 0 Å². The van der Waals surface area contributed by atoms with Gasteiger partial charge in [0, 0.05) is 35.9 Å². The Hall–Kier alpha value is -0.125. The highest BCUT2D eigenvalue weighted by Gasteiger charge is 2.24. The van der Waals surface area contributed by atoms with Crippen LogP contribution in [0.15, 0.2) is 0 Å². The van der Waals surface area contributed by atoms with E-state index in [0.717, 1.165) is 0 Å². The fourth-order valence-corrected chi connectivity index (χ4v) is 2.17. The molecule has 0 aliphatic carbocycles. The zero-order valence-electron chi connectivity index (χ0n) is 21.8. The normalized spacial score (nSPS) is 14.4. The number of hydrogen-bond donors (Lipinski definition) is 5. The van der Waals surface area contributed by atoms with Crippen molar-refractivity contribution >= 4 is 21.2 Å². The summed E-state index contributed by atoms with van der Waals surface area (Å²) < 4.78 is 0. The molecule has 8 nitrogen and oxygen atoms in total. The van der Waals surface area contributed by atoms with Crippen LogP contribution >= 0.6 is 0 Å². The largest absolute Gasteiger partial charge is 0.469 e. The van der Waals surface area contributed by atoms with E-state index in [9.17, 15) is 5.02 Å². The van der Waals surface area contributed by atoms with E-state index in [1.807, 2.05) is 72.4 Å². The number of rotatable bonds is 9. The van der Waals surface area contributed by atoms with Crippen LogP contribution < -0.4 is 0 Å². The van der Waals surface area contributed by atoms with E-state index >= 15 is 0 Å². The molecular formula is C19H50B3N3O5. The second-order valence-electron chi connectivity index (χ2n) is 9.07. The van der Waals surface area contributed by atoms with Crippen LogP contribution in [0.25, 0.3) is 0 Å². The van der Waals surface area contributed by atoms with Gasteiger partial charge in [0.1, 0.15) is 0 Å². The van der Waals surface area contributed by atoms with E-state index in [2.05, 4.69) is 18.7 Å². The minimum absolute atomic E-state index is 0.194. The van der Waals surface area contributed by atoms with Crippen LogP contribution in [0.1, 0.15) is 62.3 Å². The smallest absolute Gasteiger partial charge is 0.449 e. The minimum atomic E-state index is -1.24. The molecule has 0 aromatic carbocycles. The highest BCUT2D eigenvalue weighted by atomic mass is 16.4. The van der Waals surface area contributed by atoms with E-state index in [-0.39, 0.29) is 24.7 Å². The molecule has 3 atom stereocenters. The van der Waals surface area contributed by atoms with Gasteiger partial charge >= 0.3 is 21.2 Å². The van der Waals surface area contributed by atoms with Crippen LogP contribution in [0.4, 0.5) is 0 Å². The molecule has 0 rings (SSSR count). The Balaban J connectivity index is -0.000000364. The van der Waals surface area contributed by atoms with Gasteiger partial charge in [-0.15, -0.1) is 0 Å². The highest BCUT2D eigenvalue weighted by Crippen LogP contribution is 2.03. The van der Waals surface area contributed by atoms with E-state index in [4.69, 9.17) is 20.1 Å². The first kappa shape index (κ1) is 34.5. The Bertz CT molecular complexity index is 313. The maximum absolute atomic E-state index is 9.20. The molecule has 0 aliphatic rings. The van der Waals surface area contributed by atoms with Crippen molar-refractivity contribution in [1.82, 2.24) is 14.7 Å². The van der Waals surface area contributed by atoms with E-state index in [1.54, 1.807) is 13.8 Å². The van der Waals surface area contributed by atoms with E-state index < -0.39 is 14.2 Å². The summed E-state index contributed by atoms with van der Waals surface area (Å²) in [7, 11) is 3.28. The van der Waals surface area contributed by atoms with E-state index in [0.29, 0.717) is 18.1 Å². The Labute approximate surface area is 187 Å². The molecule has 0 aromatic rings. The summed E-state index contributed by atoms with van der Waals surface area (Å²) in [6.07, 6.45) is 0. The lowest BCUT2D eigenvalue weighted by Crippen LogP contribution is -2.45. The topological polar surface area (TPSA) is 111 Å². The number of nitrogens with zero attached hydrogens (tertiary/aromatic N) is 3.